The van der Waals surface area contributed by atoms with E-state index < -0.39 is 10.0 Å². The summed E-state index contributed by atoms with van der Waals surface area (Å²) in [6.07, 6.45) is 1.09. The van der Waals surface area contributed by atoms with E-state index in [1.165, 1.54) is 28.4 Å². The monoisotopic (exact) mass is 440 g/mol. The number of amides is 3. The third kappa shape index (κ3) is 5.23. The summed E-state index contributed by atoms with van der Waals surface area (Å²) in [6, 6.07) is 4.40. The van der Waals surface area contributed by atoms with Gasteiger partial charge in [0.15, 0.2) is 0 Å². The fourth-order valence-electron chi connectivity index (χ4n) is 3.51. The van der Waals surface area contributed by atoms with Gasteiger partial charge in [-0.25, -0.2) is 13.2 Å². The average molecular weight is 441 g/mol. The summed E-state index contributed by atoms with van der Waals surface area (Å²) in [5.74, 6) is -0.0753. The van der Waals surface area contributed by atoms with Crippen LogP contribution in [0.1, 0.15) is 26.7 Å². The summed E-state index contributed by atoms with van der Waals surface area (Å²) in [6.45, 7) is 5.28. The maximum atomic E-state index is 12.8. The zero-order valence-corrected chi connectivity index (χ0v) is 19.2. The number of anilines is 1. The Morgan fingerprint density at radius 1 is 1.17 bits per heavy atom. The van der Waals surface area contributed by atoms with E-state index >= 15 is 0 Å². The molecule has 0 radical (unpaired) electrons. The van der Waals surface area contributed by atoms with Crippen molar-refractivity contribution in [3.63, 3.8) is 0 Å². The van der Waals surface area contributed by atoms with E-state index in [1.807, 2.05) is 0 Å². The van der Waals surface area contributed by atoms with Gasteiger partial charge < -0.3 is 19.9 Å². The van der Waals surface area contributed by atoms with Crippen LogP contribution in [0, 0.1) is 5.92 Å². The number of hydrogen-bond acceptors (Lipinski definition) is 5. The third-order valence-electron chi connectivity index (χ3n) is 5.29. The van der Waals surface area contributed by atoms with Crippen LogP contribution in [0.2, 0.25) is 0 Å². The molecule has 1 N–H and O–H groups in total. The molecular formula is C20H32N4O5S. The second kappa shape index (κ2) is 10.1. The normalized spacial score (nSPS) is 15.2. The average Bonchev–Trinajstić information content (AvgIpc) is 2.73. The van der Waals surface area contributed by atoms with E-state index in [0.717, 1.165) is 0 Å². The quantitative estimate of drug-likeness (QED) is 0.700. The van der Waals surface area contributed by atoms with Gasteiger partial charge in [0, 0.05) is 46.2 Å². The number of methoxy groups -OCH3 is 1. The van der Waals surface area contributed by atoms with Gasteiger partial charge in [0.05, 0.1) is 17.7 Å². The summed E-state index contributed by atoms with van der Waals surface area (Å²) >= 11 is 0. The maximum Gasteiger partial charge on any atom is 0.319 e. The van der Waals surface area contributed by atoms with E-state index in [1.54, 1.807) is 38.9 Å². The van der Waals surface area contributed by atoms with Crippen LogP contribution in [0.25, 0.3) is 0 Å². The first-order chi connectivity index (χ1) is 14.1. The lowest BCUT2D eigenvalue weighted by molar-refractivity contribution is -0.121. The number of carbonyl (C=O) groups excluding carboxylic acids is 2. The number of ether oxygens (including phenoxy) is 1. The van der Waals surface area contributed by atoms with Crippen LogP contribution < -0.4 is 10.1 Å². The number of hydrogen-bond donors (Lipinski definition) is 1. The highest BCUT2D eigenvalue weighted by Crippen LogP contribution is 2.30. The van der Waals surface area contributed by atoms with Crippen molar-refractivity contribution in [1.29, 1.82) is 0 Å². The zero-order chi connectivity index (χ0) is 22.5. The molecular weight excluding hydrogens is 408 g/mol. The summed E-state index contributed by atoms with van der Waals surface area (Å²) in [5, 5.41) is 2.82. The first-order valence-electron chi connectivity index (χ1n) is 10.1. The molecule has 1 aromatic rings. The largest absolute Gasteiger partial charge is 0.495 e. The predicted molar refractivity (Wildman–Crippen MR) is 115 cm³/mol. The molecule has 1 saturated heterocycles. The van der Waals surface area contributed by atoms with Crippen LogP contribution in [-0.2, 0) is 14.8 Å². The Balaban J connectivity index is 2.16. The molecule has 0 unspecified atom stereocenters. The summed E-state index contributed by atoms with van der Waals surface area (Å²) in [4.78, 5) is 28.2. The van der Waals surface area contributed by atoms with Gasteiger partial charge in [-0.2, -0.15) is 4.31 Å². The molecule has 10 heteroatoms. The number of nitrogens with one attached hydrogen (secondary N) is 1. The zero-order valence-electron chi connectivity index (χ0n) is 18.3. The van der Waals surface area contributed by atoms with Gasteiger partial charge in [0.25, 0.3) is 0 Å². The molecule has 168 valence electrons. The standard InChI is InChI=1S/C20H32N4O5S/c1-6-24(7-2)30(27,28)16-8-9-18(29-5)17(14-16)21-19(25)15-10-12-23(13-11-15)20(26)22(3)4/h8-9,14-15H,6-7,10-13H2,1-5H3,(H,21,25). The predicted octanol–water partition coefficient (Wildman–Crippen LogP) is 2.06. The smallest absolute Gasteiger partial charge is 0.319 e. The maximum absolute atomic E-state index is 12.8. The van der Waals surface area contributed by atoms with Crippen molar-refractivity contribution in [1.82, 2.24) is 14.1 Å². The van der Waals surface area contributed by atoms with Gasteiger partial charge in [-0.3, -0.25) is 4.79 Å². The van der Waals surface area contributed by atoms with Crippen LogP contribution in [-0.4, -0.2) is 81.8 Å². The van der Waals surface area contributed by atoms with Crippen LogP contribution in [0.3, 0.4) is 0 Å². The van der Waals surface area contributed by atoms with Gasteiger partial charge in [-0.1, -0.05) is 13.8 Å². The van der Waals surface area contributed by atoms with E-state index in [9.17, 15) is 18.0 Å². The molecule has 0 saturated carbocycles. The van der Waals surface area contributed by atoms with Gasteiger partial charge in [0.1, 0.15) is 5.75 Å². The lowest BCUT2D eigenvalue weighted by atomic mass is 9.96. The summed E-state index contributed by atoms with van der Waals surface area (Å²) in [5.41, 5.74) is 0.322. The molecule has 2 rings (SSSR count). The highest BCUT2D eigenvalue weighted by atomic mass is 32.2. The van der Waals surface area contributed by atoms with E-state index in [4.69, 9.17) is 4.74 Å². The Hall–Kier alpha value is -2.33. The van der Waals surface area contributed by atoms with Gasteiger partial charge in [0.2, 0.25) is 15.9 Å². The SMILES string of the molecule is CCN(CC)S(=O)(=O)c1ccc(OC)c(NC(=O)C2CCN(C(=O)N(C)C)CC2)c1. The Morgan fingerprint density at radius 2 is 1.77 bits per heavy atom. The molecule has 1 aromatic carbocycles. The Labute approximate surface area is 179 Å². The van der Waals surface area contributed by atoms with E-state index in [0.29, 0.717) is 50.5 Å². The molecule has 9 nitrogen and oxygen atoms in total. The first-order valence-corrected chi connectivity index (χ1v) is 11.5. The molecule has 1 aliphatic rings. The molecule has 0 spiro atoms. The highest BCUT2D eigenvalue weighted by Gasteiger charge is 2.29. The Morgan fingerprint density at radius 3 is 2.27 bits per heavy atom. The second-order valence-corrected chi connectivity index (χ2v) is 9.32. The molecule has 1 aliphatic heterocycles. The molecule has 0 atom stereocenters. The topological polar surface area (TPSA) is 99.3 Å². The molecule has 0 aromatic heterocycles. The minimum absolute atomic E-state index is 0.0650. The van der Waals surface area contributed by atoms with E-state index in [2.05, 4.69) is 5.32 Å². The lowest BCUT2D eigenvalue weighted by Crippen LogP contribution is -2.45. The molecule has 1 heterocycles. The molecule has 0 aliphatic carbocycles. The molecule has 1 fully saturated rings. The van der Waals surface area contributed by atoms with Gasteiger partial charge in [-0.15, -0.1) is 0 Å². The Bertz CT molecular complexity index is 860. The summed E-state index contributed by atoms with van der Waals surface area (Å²) in [7, 11) is 1.21. The van der Waals surface area contributed by atoms with Crippen LogP contribution in [0.5, 0.6) is 5.75 Å². The third-order valence-corrected chi connectivity index (χ3v) is 7.34. The minimum atomic E-state index is -3.66. The van der Waals surface area contributed by atoms with E-state index in [-0.39, 0.29) is 22.8 Å². The number of benzene rings is 1. The number of sulfonamides is 1. The molecule has 3 amide bonds. The Kier molecular flexibility index (Phi) is 8.08. The van der Waals surface area contributed by atoms with Gasteiger partial charge >= 0.3 is 6.03 Å². The number of nitrogens with zero attached hydrogens (tertiary/aromatic N) is 3. The highest BCUT2D eigenvalue weighted by molar-refractivity contribution is 7.89. The first kappa shape index (κ1) is 23.9. The van der Waals surface area contributed by atoms with Crippen molar-refractivity contribution >= 4 is 27.6 Å². The molecule has 30 heavy (non-hydrogen) atoms. The number of rotatable bonds is 7. The summed E-state index contributed by atoms with van der Waals surface area (Å²) < 4.78 is 32.3. The second-order valence-electron chi connectivity index (χ2n) is 7.38. The van der Waals surface area contributed by atoms with Crippen LogP contribution in [0.4, 0.5) is 10.5 Å². The van der Waals surface area contributed by atoms with Crippen molar-refractivity contribution in [3.05, 3.63) is 18.2 Å². The lowest BCUT2D eigenvalue weighted by Gasteiger charge is -2.33. The van der Waals surface area contributed by atoms with Crippen LogP contribution in [0.15, 0.2) is 23.1 Å². The van der Waals surface area contributed by atoms with Crippen molar-refractivity contribution < 1.29 is 22.7 Å². The molecule has 0 bridgehead atoms. The minimum Gasteiger partial charge on any atom is -0.495 e. The van der Waals surface area contributed by atoms with Crippen molar-refractivity contribution in [3.8, 4) is 5.75 Å². The number of urea groups is 1. The number of piperidine rings is 1. The van der Waals surface area contributed by atoms with Crippen molar-refractivity contribution in [2.45, 2.75) is 31.6 Å². The van der Waals surface area contributed by atoms with Crippen molar-refractivity contribution in [2.75, 3.05) is 52.7 Å². The number of likely N-dealkylation sites (tertiary alicyclic amines) is 1. The number of carbonyl (C=O) groups is 2. The van der Waals surface area contributed by atoms with Crippen LogP contribution >= 0.6 is 0 Å². The fraction of sp³-hybridized carbons (Fsp3) is 0.600. The van der Waals surface area contributed by atoms with Gasteiger partial charge in [-0.05, 0) is 31.0 Å². The van der Waals surface area contributed by atoms with Crippen molar-refractivity contribution in [2.24, 2.45) is 5.92 Å². The fourth-order valence-corrected chi connectivity index (χ4v) is 4.99.